The first-order chi connectivity index (χ1) is 11.9. The lowest BCUT2D eigenvalue weighted by Gasteiger charge is -2.08. The van der Waals surface area contributed by atoms with Crippen LogP contribution in [-0.2, 0) is 11.2 Å². The smallest absolute Gasteiger partial charge is 0.271 e. The van der Waals surface area contributed by atoms with Crippen LogP contribution in [0.2, 0.25) is 0 Å². The number of nitro benzene ring substituents is 1. The molecule has 6 heteroatoms. The summed E-state index contributed by atoms with van der Waals surface area (Å²) < 4.78 is 0. The molecule has 0 fully saturated rings. The Kier molecular flexibility index (Phi) is 6.00. The molecular weight excluding hydrogens is 320 g/mol. The van der Waals surface area contributed by atoms with Crippen molar-refractivity contribution in [2.75, 3.05) is 5.32 Å². The van der Waals surface area contributed by atoms with Gasteiger partial charge in [-0.1, -0.05) is 37.3 Å². The van der Waals surface area contributed by atoms with E-state index in [0.717, 1.165) is 17.5 Å². The maximum Gasteiger partial charge on any atom is 0.271 e. The van der Waals surface area contributed by atoms with Crippen molar-refractivity contribution >= 4 is 23.1 Å². The Labute approximate surface area is 146 Å². The molecule has 0 saturated heterocycles. The molecule has 0 spiro atoms. The summed E-state index contributed by atoms with van der Waals surface area (Å²) >= 11 is 0. The number of nitrogens with one attached hydrogen (secondary N) is 1. The zero-order valence-corrected chi connectivity index (χ0v) is 14.2. The van der Waals surface area contributed by atoms with Crippen LogP contribution in [-0.4, -0.2) is 16.6 Å². The Morgan fingerprint density at radius 3 is 2.36 bits per heavy atom. The number of hydrogen-bond acceptors (Lipinski definition) is 4. The van der Waals surface area contributed by atoms with Crippen molar-refractivity contribution in [3.63, 3.8) is 0 Å². The van der Waals surface area contributed by atoms with E-state index in [2.05, 4.69) is 5.32 Å². The number of nitro groups is 1. The number of benzene rings is 2. The summed E-state index contributed by atoms with van der Waals surface area (Å²) in [7, 11) is 0. The van der Waals surface area contributed by atoms with Crippen molar-refractivity contribution in [2.45, 2.75) is 33.1 Å². The maximum absolute atomic E-state index is 12.1. The number of ketones is 1. The second-order valence-electron chi connectivity index (χ2n) is 5.78. The van der Waals surface area contributed by atoms with Gasteiger partial charge in [-0.2, -0.15) is 0 Å². The van der Waals surface area contributed by atoms with Crippen LogP contribution in [0.4, 0.5) is 11.4 Å². The molecular formula is C19H20N2O4. The third-order valence-electron chi connectivity index (χ3n) is 3.97. The van der Waals surface area contributed by atoms with Crippen molar-refractivity contribution in [3.05, 3.63) is 69.3 Å². The van der Waals surface area contributed by atoms with Crippen LogP contribution in [0.5, 0.6) is 0 Å². The van der Waals surface area contributed by atoms with Gasteiger partial charge in [0.25, 0.3) is 5.69 Å². The van der Waals surface area contributed by atoms with Gasteiger partial charge in [-0.25, -0.2) is 0 Å². The highest BCUT2D eigenvalue weighted by atomic mass is 16.6. The van der Waals surface area contributed by atoms with Crippen LogP contribution in [0.1, 0.15) is 41.3 Å². The molecule has 0 aliphatic heterocycles. The lowest BCUT2D eigenvalue weighted by molar-refractivity contribution is -0.384. The maximum atomic E-state index is 12.1. The first-order valence-corrected chi connectivity index (χ1v) is 8.07. The molecule has 2 rings (SSSR count). The van der Waals surface area contributed by atoms with E-state index >= 15 is 0 Å². The number of aryl methyl sites for hydroxylation is 2. The zero-order chi connectivity index (χ0) is 18.4. The Balaban J connectivity index is 1.95. The summed E-state index contributed by atoms with van der Waals surface area (Å²) in [6.07, 6.45) is 1.02. The normalized spacial score (nSPS) is 10.3. The average molecular weight is 340 g/mol. The predicted octanol–water partition coefficient (Wildman–Crippen LogP) is 4.07. The van der Waals surface area contributed by atoms with Crippen molar-refractivity contribution in [1.29, 1.82) is 0 Å². The number of nitrogens with zero attached hydrogens (tertiary/aromatic N) is 1. The van der Waals surface area contributed by atoms with E-state index in [9.17, 15) is 19.7 Å². The highest BCUT2D eigenvalue weighted by molar-refractivity contribution is 6.00. The number of carbonyl (C=O) groups excluding carboxylic acids is 2. The van der Waals surface area contributed by atoms with Gasteiger partial charge in [-0.15, -0.1) is 0 Å². The molecule has 25 heavy (non-hydrogen) atoms. The predicted molar refractivity (Wildman–Crippen MR) is 95.8 cm³/mol. The molecule has 0 heterocycles. The third kappa shape index (κ3) is 4.97. The number of anilines is 1. The van der Waals surface area contributed by atoms with E-state index in [1.165, 1.54) is 12.1 Å². The Hall–Kier alpha value is -3.02. The fourth-order valence-electron chi connectivity index (χ4n) is 2.37. The van der Waals surface area contributed by atoms with Gasteiger partial charge >= 0.3 is 0 Å². The highest BCUT2D eigenvalue weighted by Crippen LogP contribution is 2.22. The summed E-state index contributed by atoms with van der Waals surface area (Å²) in [6, 6.07) is 11.6. The molecule has 0 radical (unpaired) electrons. The second kappa shape index (κ2) is 8.19. The molecule has 1 N–H and O–H groups in total. The zero-order valence-electron chi connectivity index (χ0n) is 14.2. The van der Waals surface area contributed by atoms with E-state index < -0.39 is 4.92 Å². The van der Waals surface area contributed by atoms with Gasteiger partial charge < -0.3 is 5.32 Å². The van der Waals surface area contributed by atoms with Gasteiger partial charge in [-0.05, 0) is 24.5 Å². The Morgan fingerprint density at radius 2 is 1.76 bits per heavy atom. The van der Waals surface area contributed by atoms with E-state index in [0.29, 0.717) is 11.3 Å². The number of hydrogen-bond donors (Lipinski definition) is 1. The largest absolute Gasteiger partial charge is 0.326 e. The molecule has 0 aliphatic rings. The molecule has 2 aromatic carbocycles. The summed E-state index contributed by atoms with van der Waals surface area (Å²) in [4.78, 5) is 34.5. The Bertz CT molecular complexity index is 798. The SMILES string of the molecule is CCc1ccc(C(=O)CCC(=O)Nc2cc([N+](=O)[O-])ccc2C)cc1. The van der Waals surface area contributed by atoms with Crippen molar-refractivity contribution in [3.8, 4) is 0 Å². The minimum Gasteiger partial charge on any atom is -0.326 e. The number of non-ortho nitro benzene ring substituents is 1. The van der Waals surface area contributed by atoms with E-state index in [4.69, 9.17) is 0 Å². The van der Waals surface area contributed by atoms with Crippen molar-refractivity contribution < 1.29 is 14.5 Å². The molecule has 2 aromatic rings. The summed E-state index contributed by atoms with van der Waals surface area (Å²) in [6.45, 7) is 3.79. The minimum absolute atomic E-state index is 0.0243. The first-order valence-electron chi connectivity index (χ1n) is 8.07. The summed E-state index contributed by atoms with van der Waals surface area (Å²) in [5.41, 5.74) is 2.75. The van der Waals surface area contributed by atoms with Gasteiger partial charge in [-0.3, -0.25) is 19.7 Å². The van der Waals surface area contributed by atoms with Crippen LogP contribution in [0.15, 0.2) is 42.5 Å². The molecule has 1 amide bonds. The number of amides is 1. The van der Waals surface area contributed by atoms with Gasteiger partial charge in [0, 0.05) is 30.5 Å². The van der Waals surface area contributed by atoms with Crippen LogP contribution >= 0.6 is 0 Å². The molecule has 0 unspecified atom stereocenters. The monoisotopic (exact) mass is 340 g/mol. The lowest BCUT2D eigenvalue weighted by Crippen LogP contribution is -2.14. The molecule has 130 valence electrons. The average Bonchev–Trinajstić information content (AvgIpc) is 2.61. The topological polar surface area (TPSA) is 89.3 Å². The number of carbonyl (C=O) groups is 2. The molecule has 0 bridgehead atoms. The van der Waals surface area contributed by atoms with Gasteiger partial charge in [0.05, 0.1) is 10.6 Å². The fraction of sp³-hybridized carbons (Fsp3) is 0.263. The molecule has 0 atom stereocenters. The number of Topliss-reactive ketones (excluding diaryl/α,β-unsaturated/α-hetero) is 1. The van der Waals surface area contributed by atoms with E-state index in [1.807, 2.05) is 19.1 Å². The molecule has 0 saturated carbocycles. The minimum atomic E-state index is -0.515. The van der Waals surface area contributed by atoms with Crippen molar-refractivity contribution in [2.24, 2.45) is 0 Å². The highest BCUT2D eigenvalue weighted by Gasteiger charge is 2.13. The van der Waals surface area contributed by atoms with E-state index in [-0.39, 0.29) is 30.2 Å². The lowest BCUT2D eigenvalue weighted by atomic mass is 10.0. The van der Waals surface area contributed by atoms with Crippen LogP contribution in [0, 0.1) is 17.0 Å². The van der Waals surface area contributed by atoms with E-state index in [1.54, 1.807) is 25.1 Å². The first kappa shape index (κ1) is 18.3. The quantitative estimate of drug-likeness (QED) is 0.467. The van der Waals surface area contributed by atoms with Gasteiger partial charge in [0.2, 0.25) is 5.91 Å². The summed E-state index contributed by atoms with van der Waals surface area (Å²) in [5, 5.41) is 13.5. The van der Waals surface area contributed by atoms with Crippen LogP contribution in [0.25, 0.3) is 0 Å². The van der Waals surface area contributed by atoms with Gasteiger partial charge in [0.15, 0.2) is 5.78 Å². The molecule has 0 aromatic heterocycles. The summed E-state index contributed by atoms with van der Waals surface area (Å²) in [5.74, 6) is -0.448. The third-order valence-corrected chi connectivity index (χ3v) is 3.97. The van der Waals surface area contributed by atoms with Gasteiger partial charge in [0.1, 0.15) is 0 Å². The standard InChI is InChI=1S/C19H20N2O4/c1-3-14-5-7-15(8-6-14)18(22)10-11-19(23)20-17-12-16(21(24)25)9-4-13(17)2/h4-9,12H,3,10-11H2,1-2H3,(H,20,23). The second-order valence-corrected chi connectivity index (χ2v) is 5.78. The van der Waals surface area contributed by atoms with Crippen LogP contribution < -0.4 is 5.32 Å². The number of rotatable bonds is 7. The Morgan fingerprint density at radius 1 is 1.08 bits per heavy atom. The molecule has 0 aliphatic carbocycles. The van der Waals surface area contributed by atoms with Crippen molar-refractivity contribution in [1.82, 2.24) is 0 Å². The fourth-order valence-corrected chi connectivity index (χ4v) is 2.37. The molecule has 6 nitrogen and oxygen atoms in total. The van der Waals surface area contributed by atoms with Crippen LogP contribution in [0.3, 0.4) is 0 Å².